The van der Waals surface area contributed by atoms with Crippen LogP contribution in [0.1, 0.15) is 70.9 Å². The number of nitrogens with one attached hydrogen (secondary N) is 2. The predicted molar refractivity (Wildman–Crippen MR) is 177 cm³/mol. The normalized spacial score (nSPS) is 17.8. The van der Waals surface area contributed by atoms with E-state index < -0.39 is 6.10 Å². The molecule has 4 heterocycles. The second-order valence-corrected chi connectivity index (χ2v) is 14.3. The Labute approximate surface area is 270 Å². The van der Waals surface area contributed by atoms with Crippen molar-refractivity contribution in [3.8, 4) is 5.75 Å². The highest BCUT2D eigenvalue weighted by Crippen LogP contribution is 2.33. The van der Waals surface area contributed by atoms with Crippen LogP contribution in [0.3, 0.4) is 0 Å². The number of rotatable bonds is 10. The molecule has 2 aromatic heterocycles. The van der Waals surface area contributed by atoms with E-state index in [1.54, 1.807) is 17.4 Å². The fourth-order valence-corrected chi connectivity index (χ4v) is 8.00. The van der Waals surface area contributed by atoms with E-state index in [2.05, 4.69) is 58.3 Å². The summed E-state index contributed by atoms with van der Waals surface area (Å²) in [6, 6.07) is 11.8. The third-order valence-corrected chi connectivity index (χ3v) is 10.9. The number of nitrogens with zero attached hydrogens (tertiary/aromatic N) is 3. The van der Waals surface area contributed by atoms with Crippen molar-refractivity contribution in [1.82, 2.24) is 25.1 Å². The van der Waals surface area contributed by atoms with Crippen LogP contribution in [0.2, 0.25) is 0 Å². The van der Waals surface area contributed by atoms with Gasteiger partial charge >= 0.3 is 4.87 Å². The summed E-state index contributed by atoms with van der Waals surface area (Å²) in [6.07, 6.45) is 1.81. The predicted octanol–water partition coefficient (Wildman–Crippen LogP) is 4.25. The molecule has 10 nitrogen and oxygen atoms in total. The summed E-state index contributed by atoms with van der Waals surface area (Å²) in [4.78, 5) is 36.4. The van der Waals surface area contributed by atoms with Crippen LogP contribution in [0.25, 0.3) is 10.2 Å². The molecule has 1 spiro atoms. The number of aliphatic hydroxyl groups excluding tert-OH is 1. The zero-order chi connectivity index (χ0) is 31.6. The average Bonchev–Trinajstić information content (AvgIpc) is 3.69. The van der Waals surface area contributed by atoms with Gasteiger partial charge in [0.1, 0.15) is 17.0 Å². The van der Waals surface area contributed by atoms with Crippen LogP contribution >= 0.6 is 22.7 Å². The second-order valence-electron chi connectivity index (χ2n) is 12.4. The molecule has 2 aromatic carbocycles. The highest BCUT2D eigenvalue weighted by molar-refractivity contribution is 7.16. The van der Waals surface area contributed by atoms with Gasteiger partial charge in [0.2, 0.25) is 0 Å². The summed E-state index contributed by atoms with van der Waals surface area (Å²) < 4.78 is 6.91. The number of H-pyrrole nitrogens is 1. The van der Waals surface area contributed by atoms with Gasteiger partial charge in [0.25, 0.3) is 5.91 Å². The number of carbonyl (C=O) groups excluding carboxylic acids is 1. The average molecular weight is 652 g/mol. The molecule has 0 radical (unpaired) electrons. The molecule has 2 aliphatic rings. The van der Waals surface area contributed by atoms with Crippen molar-refractivity contribution < 1.29 is 19.7 Å². The maximum absolute atomic E-state index is 13.2. The van der Waals surface area contributed by atoms with E-state index in [0.29, 0.717) is 60.2 Å². The van der Waals surface area contributed by atoms with Crippen LogP contribution in [0.4, 0.5) is 0 Å². The maximum atomic E-state index is 13.2. The number of hydrogen-bond acceptors (Lipinski definition) is 10. The zero-order valence-electron chi connectivity index (χ0n) is 25.8. The minimum absolute atomic E-state index is 0.00405. The first kappa shape index (κ1) is 31.8. The number of piperidine rings is 1. The van der Waals surface area contributed by atoms with Crippen molar-refractivity contribution in [2.24, 2.45) is 0 Å². The summed E-state index contributed by atoms with van der Waals surface area (Å²) in [5, 5.41) is 27.0. The quantitative estimate of drug-likeness (QED) is 0.187. The molecule has 2 saturated heterocycles. The number of ether oxygens (including phenoxy) is 1. The number of aromatic amines is 1. The Balaban J connectivity index is 0.967. The molecule has 1 atom stereocenters. The number of phenols is 1. The number of aromatic nitrogens is 2. The Morgan fingerprint density at radius 3 is 2.76 bits per heavy atom. The molecule has 12 heteroatoms. The van der Waals surface area contributed by atoms with E-state index in [1.807, 2.05) is 10.3 Å². The SMILES string of the molecule is CC(C)c1nc(C(=O)N2CCOC3(CCN(Cc4cccc(CCNC[C@H](O)c5ccc(O)c6[nH]c(=O)sc56)c4)CC3)C2)cs1. The smallest absolute Gasteiger partial charge is 0.305 e. The van der Waals surface area contributed by atoms with E-state index in [-0.39, 0.29) is 22.1 Å². The van der Waals surface area contributed by atoms with Crippen LogP contribution in [0.15, 0.2) is 46.6 Å². The first-order valence-corrected chi connectivity index (χ1v) is 17.3. The molecule has 240 valence electrons. The number of likely N-dealkylation sites (tertiary alicyclic amines) is 1. The zero-order valence-corrected chi connectivity index (χ0v) is 27.4. The standard InChI is InChI=1S/C33H41N5O5S2/c1-21(2)30-35-25(19-44-30)31(41)38-14-15-43-33(20-38)9-12-37(13-10-33)18-23-5-3-4-22(16-23)8-11-34-17-27(40)24-6-7-26(39)28-29(24)45-32(42)36-28/h3-7,16,19,21,27,34,39-40H,8-15,17-18,20H2,1-2H3,(H,36,42)/t27-/m0/s1. The van der Waals surface area contributed by atoms with Gasteiger partial charge in [0.15, 0.2) is 0 Å². The number of hydrogen-bond donors (Lipinski definition) is 4. The first-order chi connectivity index (χ1) is 21.7. The minimum atomic E-state index is -0.795. The molecule has 2 aliphatic heterocycles. The Kier molecular flexibility index (Phi) is 9.69. The molecular weight excluding hydrogens is 611 g/mol. The largest absolute Gasteiger partial charge is 0.506 e. The Hall–Kier alpha value is -3.13. The lowest BCUT2D eigenvalue weighted by Crippen LogP contribution is -2.58. The van der Waals surface area contributed by atoms with Crippen molar-refractivity contribution in [1.29, 1.82) is 0 Å². The summed E-state index contributed by atoms with van der Waals surface area (Å²) >= 11 is 2.55. The van der Waals surface area contributed by atoms with Crippen LogP contribution in [-0.4, -0.2) is 87.4 Å². The second kappa shape index (κ2) is 13.7. The number of aliphatic hydroxyl groups is 1. The van der Waals surface area contributed by atoms with Gasteiger partial charge in [-0.2, -0.15) is 0 Å². The summed E-state index contributed by atoms with van der Waals surface area (Å²) in [7, 11) is 0. The third kappa shape index (κ3) is 7.32. The van der Waals surface area contributed by atoms with Crippen molar-refractivity contribution in [2.45, 2.75) is 57.3 Å². The number of amides is 1. The van der Waals surface area contributed by atoms with Gasteiger partial charge in [-0.05, 0) is 43.0 Å². The third-order valence-electron chi connectivity index (χ3n) is 8.81. The lowest BCUT2D eigenvalue weighted by atomic mass is 9.89. The lowest BCUT2D eigenvalue weighted by Gasteiger charge is -2.47. The number of benzene rings is 2. The molecule has 45 heavy (non-hydrogen) atoms. The number of aromatic hydroxyl groups is 1. The van der Waals surface area contributed by atoms with E-state index in [1.165, 1.54) is 17.2 Å². The number of morpholine rings is 1. The topological polar surface area (TPSA) is 131 Å². The molecule has 6 rings (SSSR count). The van der Waals surface area contributed by atoms with Crippen molar-refractivity contribution >= 4 is 38.8 Å². The van der Waals surface area contributed by atoms with Gasteiger partial charge in [-0.25, -0.2) is 4.98 Å². The van der Waals surface area contributed by atoms with Crippen LogP contribution in [-0.2, 0) is 17.7 Å². The van der Waals surface area contributed by atoms with Crippen molar-refractivity contribution in [2.75, 3.05) is 45.9 Å². The molecule has 0 saturated carbocycles. The molecule has 2 fully saturated rings. The molecule has 0 bridgehead atoms. The molecule has 4 aromatic rings. The van der Waals surface area contributed by atoms with E-state index in [4.69, 9.17) is 4.74 Å². The van der Waals surface area contributed by atoms with Crippen LogP contribution in [0.5, 0.6) is 5.75 Å². The fourth-order valence-electron chi connectivity index (χ4n) is 6.28. The number of phenolic OH excluding ortho intramolecular Hbond substituents is 1. The number of fused-ring (bicyclic) bond motifs is 1. The Morgan fingerprint density at radius 2 is 1.98 bits per heavy atom. The molecule has 4 N–H and O–H groups in total. The van der Waals surface area contributed by atoms with Gasteiger partial charge in [-0.15, -0.1) is 11.3 Å². The van der Waals surface area contributed by atoms with Gasteiger partial charge < -0.3 is 30.2 Å². The molecular formula is C33H41N5O5S2. The van der Waals surface area contributed by atoms with Crippen molar-refractivity contribution in [3.63, 3.8) is 0 Å². The van der Waals surface area contributed by atoms with E-state index >= 15 is 0 Å². The number of carbonyl (C=O) groups is 1. The highest BCUT2D eigenvalue weighted by atomic mass is 32.1. The van der Waals surface area contributed by atoms with E-state index in [9.17, 15) is 19.8 Å². The maximum Gasteiger partial charge on any atom is 0.305 e. The lowest BCUT2D eigenvalue weighted by molar-refractivity contribution is -0.128. The Morgan fingerprint density at radius 1 is 1.18 bits per heavy atom. The van der Waals surface area contributed by atoms with Gasteiger partial charge in [-0.3, -0.25) is 14.5 Å². The van der Waals surface area contributed by atoms with Gasteiger partial charge in [0.05, 0.1) is 34.6 Å². The fraction of sp³-hybridized carbons (Fsp3) is 0.485. The molecule has 0 unspecified atom stereocenters. The van der Waals surface area contributed by atoms with Crippen LogP contribution < -0.4 is 10.2 Å². The van der Waals surface area contributed by atoms with E-state index in [0.717, 1.165) is 55.2 Å². The Bertz CT molecular complexity index is 1690. The molecule has 1 amide bonds. The van der Waals surface area contributed by atoms with Gasteiger partial charge in [0, 0.05) is 49.6 Å². The first-order valence-electron chi connectivity index (χ1n) is 15.6. The van der Waals surface area contributed by atoms with Crippen molar-refractivity contribution in [3.05, 3.63) is 78.8 Å². The monoisotopic (exact) mass is 651 g/mol. The van der Waals surface area contributed by atoms with Gasteiger partial charge in [-0.1, -0.05) is 55.5 Å². The highest BCUT2D eigenvalue weighted by Gasteiger charge is 2.41. The van der Waals surface area contributed by atoms with Crippen LogP contribution in [0, 0.1) is 0 Å². The minimum Gasteiger partial charge on any atom is -0.506 e. The summed E-state index contributed by atoms with van der Waals surface area (Å²) in [5.74, 6) is 0.337. The summed E-state index contributed by atoms with van der Waals surface area (Å²) in [5.41, 5.74) is 3.76. The summed E-state index contributed by atoms with van der Waals surface area (Å²) in [6.45, 7) is 9.73. The number of thiazole rings is 2. The molecule has 0 aliphatic carbocycles.